The van der Waals surface area contributed by atoms with E-state index in [4.69, 9.17) is 10.8 Å². The average Bonchev–Trinajstić information content (AvgIpc) is 3.07. The Morgan fingerprint density at radius 2 is 2.15 bits per heavy atom. The highest BCUT2D eigenvalue weighted by atomic mass is 32.2. The molecule has 3 rings (SSSR count). The Labute approximate surface area is 150 Å². The number of thioether (sulfide) groups is 1. The molecular weight excluding hydrogens is 360 g/mol. The number of carbonyl (C=O) groups is 2. The second kappa shape index (κ2) is 7.31. The number of anilines is 2. The fourth-order valence-corrected chi connectivity index (χ4v) is 3.11. The smallest absolute Gasteiger partial charge is 0.354 e. The zero-order valence-corrected chi connectivity index (χ0v) is 14.3. The number of imidazole rings is 1. The molecule has 0 saturated carbocycles. The standard InChI is InChI=1S/C14H14N8O3S/c1-2-7(10(23)21-14-16-4-3-6(19-14)12(24)25)26-11-8-9(18-5-17-8)20-13(15)22-11/h3-5,7H,2H2,1H3,(H,24,25)(H,16,19,21,23)(H3,15,17,18,20,22)/t7-/m1/s1. The maximum atomic E-state index is 12.5. The Morgan fingerprint density at radius 1 is 1.35 bits per heavy atom. The first-order chi connectivity index (χ1) is 12.5. The molecule has 0 bridgehead atoms. The van der Waals surface area contributed by atoms with Gasteiger partial charge >= 0.3 is 5.97 Å². The van der Waals surface area contributed by atoms with Crippen LogP contribution in [0.1, 0.15) is 23.8 Å². The van der Waals surface area contributed by atoms with Crippen LogP contribution in [0.25, 0.3) is 11.2 Å². The number of carboxylic acid groups (broad SMARTS) is 1. The fraction of sp³-hybridized carbons (Fsp3) is 0.214. The molecule has 3 heterocycles. The lowest BCUT2D eigenvalue weighted by atomic mass is 10.3. The summed E-state index contributed by atoms with van der Waals surface area (Å²) in [5.74, 6) is -1.62. The van der Waals surface area contributed by atoms with E-state index in [0.717, 1.165) is 0 Å². The summed E-state index contributed by atoms with van der Waals surface area (Å²) >= 11 is 1.19. The third-order valence-corrected chi connectivity index (χ3v) is 4.65. The molecule has 3 aromatic heterocycles. The molecule has 11 nitrogen and oxygen atoms in total. The van der Waals surface area contributed by atoms with Crippen LogP contribution in [0.2, 0.25) is 0 Å². The quantitative estimate of drug-likeness (QED) is 0.359. The molecule has 0 aliphatic rings. The van der Waals surface area contributed by atoms with Crippen molar-refractivity contribution < 1.29 is 14.7 Å². The number of H-pyrrole nitrogens is 1. The molecule has 134 valence electrons. The number of aromatic nitrogens is 6. The molecule has 1 atom stereocenters. The molecule has 0 aliphatic carbocycles. The number of nitrogens with zero attached hydrogens (tertiary/aromatic N) is 5. The zero-order chi connectivity index (χ0) is 18.7. The number of carbonyl (C=O) groups excluding carboxylic acids is 1. The highest BCUT2D eigenvalue weighted by Crippen LogP contribution is 2.29. The van der Waals surface area contributed by atoms with E-state index in [9.17, 15) is 9.59 Å². The number of aromatic carboxylic acids is 1. The van der Waals surface area contributed by atoms with Crippen molar-refractivity contribution in [2.75, 3.05) is 11.1 Å². The van der Waals surface area contributed by atoms with E-state index in [1.54, 1.807) is 0 Å². The van der Waals surface area contributed by atoms with Crippen molar-refractivity contribution in [1.82, 2.24) is 29.9 Å². The van der Waals surface area contributed by atoms with E-state index in [1.165, 1.54) is 30.4 Å². The topological polar surface area (TPSA) is 173 Å². The van der Waals surface area contributed by atoms with Crippen molar-refractivity contribution in [2.24, 2.45) is 0 Å². The van der Waals surface area contributed by atoms with E-state index in [0.29, 0.717) is 22.6 Å². The summed E-state index contributed by atoms with van der Waals surface area (Å²) in [6.07, 6.45) is 3.21. The summed E-state index contributed by atoms with van der Waals surface area (Å²) < 4.78 is 0. The van der Waals surface area contributed by atoms with Gasteiger partial charge in [0.25, 0.3) is 0 Å². The van der Waals surface area contributed by atoms with Crippen LogP contribution in [0, 0.1) is 0 Å². The lowest BCUT2D eigenvalue weighted by molar-refractivity contribution is -0.115. The van der Waals surface area contributed by atoms with E-state index in [2.05, 4.69) is 35.2 Å². The van der Waals surface area contributed by atoms with Crippen LogP contribution in [0.4, 0.5) is 11.9 Å². The Balaban J connectivity index is 1.80. The number of nitrogens with two attached hydrogens (primary N) is 1. The largest absolute Gasteiger partial charge is 0.477 e. The monoisotopic (exact) mass is 374 g/mol. The first kappa shape index (κ1) is 17.5. The van der Waals surface area contributed by atoms with E-state index in [-0.39, 0.29) is 23.5 Å². The maximum absolute atomic E-state index is 12.5. The molecule has 0 radical (unpaired) electrons. The highest BCUT2D eigenvalue weighted by Gasteiger charge is 2.22. The molecule has 3 aromatic rings. The number of aromatic amines is 1. The Morgan fingerprint density at radius 3 is 2.88 bits per heavy atom. The zero-order valence-electron chi connectivity index (χ0n) is 13.5. The molecular formula is C14H14N8O3S. The fourth-order valence-electron chi connectivity index (χ4n) is 2.09. The first-order valence-electron chi connectivity index (χ1n) is 7.48. The molecule has 1 amide bonds. The number of carboxylic acids is 1. The van der Waals surface area contributed by atoms with Gasteiger partial charge in [-0.3, -0.25) is 10.1 Å². The molecule has 0 aliphatic heterocycles. The van der Waals surface area contributed by atoms with Crippen LogP contribution < -0.4 is 11.1 Å². The number of nitrogen functional groups attached to an aromatic ring is 1. The minimum Gasteiger partial charge on any atom is -0.477 e. The van der Waals surface area contributed by atoms with Gasteiger partial charge in [-0.25, -0.2) is 24.7 Å². The molecule has 0 unspecified atom stereocenters. The van der Waals surface area contributed by atoms with Gasteiger partial charge in [-0.15, -0.1) is 0 Å². The average molecular weight is 374 g/mol. The van der Waals surface area contributed by atoms with E-state index >= 15 is 0 Å². The van der Waals surface area contributed by atoms with Gasteiger partial charge in [0.05, 0.1) is 11.6 Å². The summed E-state index contributed by atoms with van der Waals surface area (Å²) in [6, 6.07) is 1.24. The van der Waals surface area contributed by atoms with Crippen LogP contribution in [0.5, 0.6) is 0 Å². The number of nitrogens with one attached hydrogen (secondary N) is 2. The Hall–Kier alpha value is -3.28. The van der Waals surface area contributed by atoms with Gasteiger partial charge < -0.3 is 15.8 Å². The van der Waals surface area contributed by atoms with Crippen molar-refractivity contribution in [3.63, 3.8) is 0 Å². The third-order valence-electron chi connectivity index (χ3n) is 3.30. The number of amides is 1. The predicted molar refractivity (Wildman–Crippen MR) is 93.7 cm³/mol. The molecule has 26 heavy (non-hydrogen) atoms. The van der Waals surface area contributed by atoms with Crippen molar-refractivity contribution in [2.45, 2.75) is 23.6 Å². The molecule has 5 N–H and O–H groups in total. The van der Waals surface area contributed by atoms with Crippen LogP contribution >= 0.6 is 11.8 Å². The molecule has 0 spiro atoms. The molecule has 0 aromatic carbocycles. The Kier molecular flexibility index (Phi) is 4.93. The minimum absolute atomic E-state index is 0.0554. The lowest BCUT2D eigenvalue weighted by Gasteiger charge is -2.14. The summed E-state index contributed by atoms with van der Waals surface area (Å²) in [7, 11) is 0. The Bertz CT molecular complexity index is 976. The van der Waals surface area contributed by atoms with Gasteiger partial charge in [-0.2, -0.15) is 4.98 Å². The third kappa shape index (κ3) is 3.69. The van der Waals surface area contributed by atoms with Gasteiger partial charge in [0.1, 0.15) is 10.5 Å². The normalized spacial score (nSPS) is 12.0. The van der Waals surface area contributed by atoms with Gasteiger partial charge in [-0.1, -0.05) is 18.7 Å². The number of hydrogen-bond donors (Lipinski definition) is 4. The maximum Gasteiger partial charge on any atom is 0.354 e. The SMILES string of the molecule is CC[C@@H](Sc1nc(N)nc2nc[nH]c12)C(=O)Nc1nccc(C(=O)O)n1. The van der Waals surface area contributed by atoms with Crippen molar-refractivity contribution in [3.05, 3.63) is 24.3 Å². The van der Waals surface area contributed by atoms with Crippen LogP contribution in [-0.4, -0.2) is 52.1 Å². The van der Waals surface area contributed by atoms with Crippen molar-refractivity contribution in [3.8, 4) is 0 Å². The summed E-state index contributed by atoms with van der Waals surface area (Å²) in [4.78, 5) is 46.2. The van der Waals surface area contributed by atoms with E-state index in [1.807, 2.05) is 6.92 Å². The second-order valence-corrected chi connectivity index (χ2v) is 6.25. The van der Waals surface area contributed by atoms with Gasteiger partial charge in [-0.05, 0) is 12.5 Å². The second-order valence-electron chi connectivity index (χ2n) is 5.06. The molecule has 0 fully saturated rings. The summed E-state index contributed by atoms with van der Waals surface area (Å²) in [5, 5.41) is 11.4. The molecule has 0 saturated heterocycles. The van der Waals surface area contributed by atoms with Crippen molar-refractivity contribution >= 4 is 46.7 Å². The number of hydrogen-bond acceptors (Lipinski definition) is 9. The lowest BCUT2D eigenvalue weighted by Crippen LogP contribution is -2.26. The highest BCUT2D eigenvalue weighted by molar-refractivity contribution is 8.00. The predicted octanol–water partition coefficient (Wildman–Crippen LogP) is 0.933. The summed E-state index contributed by atoms with van der Waals surface area (Å²) in [6.45, 7) is 1.83. The minimum atomic E-state index is -1.21. The molecule has 12 heteroatoms. The van der Waals surface area contributed by atoms with Gasteiger partial charge in [0.15, 0.2) is 11.3 Å². The first-order valence-corrected chi connectivity index (χ1v) is 8.36. The number of fused-ring (bicyclic) bond motifs is 1. The van der Waals surface area contributed by atoms with Crippen LogP contribution in [0.3, 0.4) is 0 Å². The summed E-state index contributed by atoms with van der Waals surface area (Å²) in [5.41, 5.74) is 6.46. The van der Waals surface area contributed by atoms with Crippen molar-refractivity contribution in [1.29, 1.82) is 0 Å². The van der Waals surface area contributed by atoms with E-state index < -0.39 is 11.2 Å². The van der Waals surface area contributed by atoms with Crippen LogP contribution in [0.15, 0.2) is 23.6 Å². The number of rotatable bonds is 6. The van der Waals surface area contributed by atoms with Crippen LogP contribution in [-0.2, 0) is 4.79 Å². The van der Waals surface area contributed by atoms with Gasteiger partial charge in [0.2, 0.25) is 17.8 Å². The van der Waals surface area contributed by atoms with Gasteiger partial charge in [0, 0.05) is 6.20 Å².